The number of ether oxygens (including phenoxy) is 1. The van der Waals surface area contributed by atoms with E-state index in [1.165, 1.54) is 18.3 Å². The summed E-state index contributed by atoms with van der Waals surface area (Å²) in [5.41, 5.74) is 0.708. The molecule has 0 radical (unpaired) electrons. The average molecular weight is 428 g/mol. The molecule has 0 unspecified atom stereocenters. The summed E-state index contributed by atoms with van der Waals surface area (Å²) in [5.74, 6) is -2.12. The number of nitrogens with one attached hydrogen (secondary N) is 1. The van der Waals surface area contributed by atoms with E-state index in [1.54, 1.807) is 37.6 Å². The number of nitrogens with zero attached hydrogens (tertiary/aromatic N) is 3. The van der Waals surface area contributed by atoms with Crippen molar-refractivity contribution in [3.05, 3.63) is 47.3 Å². The largest absolute Gasteiger partial charge is 0.444 e. The lowest BCUT2D eigenvalue weighted by atomic mass is 10.1. The monoisotopic (exact) mass is 428 g/mol. The van der Waals surface area contributed by atoms with Crippen LogP contribution in [0.5, 0.6) is 0 Å². The number of amides is 3. The summed E-state index contributed by atoms with van der Waals surface area (Å²) in [4.78, 5) is 54.1. The van der Waals surface area contributed by atoms with Crippen molar-refractivity contribution in [1.82, 2.24) is 14.8 Å². The van der Waals surface area contributed by atoms with E-state index in [9.17, 15) is 19.2 Å². The minimum Gasteiger partial charge on any atom is -0.444 e. The standard InChI is InChI=1S/C21H24N4O6/c1-5-24-16(15(12-22-24)23-20(29)30-21(2,3)4)10-11-17(26)31-25-18(27)13-8-6-7-9-14(13)19(25)28/h6-9,12H,5,10-11H2,1-4H3,(H,23,29). The van der Waals surface area contributed by atoms with Gasteiger partial charge < -0.3 is 9.57 Å². The molecule has 2 aromatic rings. The van der Waals surface area contributed by atoms with Crippen LogP contribution in [-0.2, 0) is 27.3 Å². The number of hydroxylamine groups is 2. The zero-order chi connectivity index (χ0) is 22.8. The molecule has 3 rings (SSSR count). The first-order valence-electron chi connectivity index (χ1n) is 9.84. The highest BCUT2D eigenvalue weighted by atomic mass is 16.7. The van der Waals surface area contributed by atoms with Crippen LogP contribution in [0, 0.1) is 0 Å². The van der Waals surface area contributed by atoms with Crippen molar-refractivity contribution >= 4 is 29.6 Å². The molecule has 31 heavy (non-hydrogen) atoms. The smallest absolute Gasteiger partial charge is 0.412 e. The summed E-state index contributed by atoms with van der Waals surface area (Å²) < 4.78 is 6.87. The predicted molar refractivity (Wildman–Crippen MR) is 109 cm³/mol. The van der Waals surface area contributed by atoms with E-state index in [1.807, 2.05) is 6.92 Å². The molecule has 1 N–H and O–H groups in total. The average Bonchev–Trinajstić information content (AvgIpc) is 3.19. The Labute approximate surface area is 179 Å². The molecule has 0 bridgehead atoms. The number of fused-ring (bicyclic) bond motifs is 1. The Balaban J connectivity index is 1.64. The van der Waals surface area contributed by atoms with E-state index in [-0.39, 0.29) is 24.0 Å². The van der Waals surface area contributed by atoms with Gasteiger partial charge in [-0.2, -0.15) is 5.10 Å². The first-order valence-corrected chi connectivity index (χ1v) is 9.84. The van der Waals surface area contributed by atoms with Crippen molar-refractivity contribution in [2.45, 2.75) is 52.7 Å². The highest BCUT2D eigenvalue weighted by molar-refractivity contribution is 6.20. The Kier molecular flexibility index (Phi) is 6.09. The first-order chi connectivity index (χ1) is 14.6. The van der Waals surface area contributed by atoms with E-state index in [0.29, 0.717) is 23.0 Å². The van der Waals surface area contributed by atoms with Crippen LogP contribution in [0.3, 0.4) is 0 Å². The molecule has 0 fully saturated rings. The molecular formula is C21H24N4O6. The van der Waals surface area contributed by atoms with Gasteiger partial charge in [0.15, 0.2) is 0 Å². The van der Waals surface area contributed by atoms with Crippen LogP contribution >= 0.6 is 0 Å². The maximum absolute atomic E-state index is 12.3. The molecule has 0 spiro atoms. The zero-order valence-electron chi connectivity index (χ0n) is 17.8. The molecule has 0 atom stereocenters. The second-order valence-electron chi connectivity index (χ2n) is 7.86. The first kappa shape index (κ1) is 22.0. The van der Waals surface area contributed by atoms with Gasteiger partial charge in [0.2, 0.25) is 0 Å². The van der Waals surface area contributed by atoms with E-state index in [2.05, 4.69) is 10.4 Å². The Morgan fingerprint density at radius 2 is 1.71 bits per heavy atom. The van der Waals surface area contributed by atoms with Crippen molar-refractivity contribution in [1.29, 1.82) is 0 Å². The lowest BCUT2D eigenvalue weighted by Crippen LogP contribution is -2.32. The van der Waals surface area contributed by atoms with Gasteiger partial charge in [-0.25, -0.2) is 9.59 Å². The van der Waals surface area contributed by atoms with Crippen molar-refractivity contribution in [2.24, 2.45) is 0 Å². The van der Waals surface area contributed by atoms with Crippen molar-refractivity contribution in [2.75, 3.05) is 5.32 Å². The van der Waals surface area contributed by atoms with Gasteiger partial charge in [-0.05, 0) is 39.8 Å². The quantitative estimate of drug-likeness (QED) is 0.703. The van der Waals surface area contributed by atoms with Gasteiger partial charge in [0, 0.05) is 13.0 Å². The maximum Gasteiger partial charge on any atom is 0.412 e. The summed E-state index contributed by atoms with van der Waals surface area (Å²) >= 11 is 0. The van der Waals surface area contributed by atoms with Crippen LogP contribution in [0.15, 0.2) is 30.5 Å². The number of rotatable bonds is 6. The number of aryl methyl sites for hydroxylation is 1. The molecule has 164 valence electrons. The summed E-state index contributed by atoms with van der Waals surface area (Å²) in [5, 5.41) is 7.30. The third-order valence-corrected chi connectivity index (χ3v) is 4.40. The maximum atomic E-state index is 12.3. The SMILES string of the molecule is CCn1ncc(NC(=O)OC(C)(C)C)c1CCC(=O)ON1C(=O)c2ccccc2C1=O. The van der Waals surface area contributed by atoms with E-state index < -0.39 is 29.5 Å². The van der Waals surface area contributed by atoms with Crippen LogP contribution < -0.4 is 5.32 Å². The van der Waals surface area contributed by atoms with Crippen LogP contribution in [0.1, 0.15) is 60.5 Å². The molecular weight excluding hydrogens is 404 g/mol. The number of imide groups is 1. The fourth-order valence-corrected chi connectivity index (χ4v) is 3.08. The van der Waals surface area contributed by atoms with Gasteiger partial charge in [-0.3, -0.25) is 19.6 Å². The molecule has 0 saturated carbocycles. The Hall–Kier alpha value is -3.69. The highest BCUT2D eigenvalue weighted by Crippen LogP contribution is 2.24. The second-order valence-corrected chi connectivity index (χ2v) is 7.86. The topological polar surface area (TPSA) is 120 Å². The Bertz CT molecular complexity index is 1000. The molecule has 10 heteroatoms. The zero-order valence-corrected chi connectivity index (χ0v) is 17.8. The van der Waals surface area contributed by atoms with E-state index in [4.69, 9.17) is 9.57 Å². The van der Waals surface area contributed by atoms with Gasteiger partial charge in [0.25, 0.3) is 11.8 Å². The number of carbonyl (C=O) groups excluding carboxylic acids is 4. The van der Waals surface area contributed by atoms with Gasteiger partial charge in [0.05, 0.1) is 35.1 Å². The number of carbonyl (C=O) groups is 4. The Morgan fingerprint density at radius 3 is 2.26 bits per heavy atom. The second kappa shape index (κ2) is 8.58. The number of benzene rings is 1. The molecule has 2 heterocycles. The fraction of sp³-hybridized carbons (Fsp3) is 0.381. The van der Waals surface area contributed by atoms with Crippen molar-refractivity contribution in [3.63, 3.8) is 0 Å². The van der Waals surface area contributed by atoms with Crippen LogP contribution in [0.4, 0.5) is 10.5 Å². The van der Waals surface area contributed by atoms with Gasteiger partial charge >= 0.3 is 12.1 Å². The summed E-state index contributed by atoms with van der Waals surface area (Å²) in [6.45, 7) is 7.62. The van der Waals surface area contributed by atoms with E-state index in [0.717, 1.165) is 0 Å². The summed E-state index contributed by atoms with van der Waals surface area (Å²) in [6.07, 6.45) is 0.861. The molecule has 0 aliphatic carbocycles. The highest BCUT2D eigenvalue weighted by Gasteiger charge is 2.38. The van der Waals surface area contributed by atoms with Crippen LogP contribution in [-0.4, -0.2) is 44.3 Å². The minimum absolute atomic E-state index is 0.137. The van der Waals surface area contributed by atoms with E-state index >= 15 is 0 Å². The number of aromatic nitrogens is 2. The van der Waals surface area contributed by atoms with Crippen LogP contribution in [0.25, 0.3) is 0 Å². The van der Waals surface area contributed by atoms with Crippen molar-refractivity contribution < 1.29 is 28.8 Å². The molecule has 3 amide bonds. The predicted octanol–water partition coefficient (Wildman–Crippen LogP) is 2.94. The van der Waals surface area contributed by atoms with Gasteiger partial charge in [-0.15, -0.1) is 0 Å². The molecule has 0 saturated heterocycles. The molecule has 1 aromatic heterocycles. The number of hydrogen-bond acceptors (Lipinski definition) is 7. The fourth-order valence-electron chi connectivity index (χ4n) is 3.08. The van der Waals surface area contributed by atoms with Crippen molar-refractivity contribution in [3.8, 4) is 0 Å². The van der Waals surface area contributed by atoms with Gasteiger partial charge in [0.1, 0.15) is 5.60 Å². The number of hydrogen-bond donors (Lipinski definition) is 1. The summed E-state index contributed by atoms with van der Waals surface area (Å²) in [6, 6.07) is 6.25. The third-order valence-electron chi connectivity index (χ3n) is 4.40. The lowest BCUT2D eigenvalue weighted by Gasteiger charge is -2.19. The summed E-state index contributed by atoms with van der Waals surface area (Å²) in [7, 11) is 0. The van der Waals surface area contributed by atoms with Gasteiger partial charge in [-0.1, -0.05) is 17.2 Å². The Morgan fingerprint density at radius 1 is 1.10 bits per heavy atom. The third kappa shape index (κ3) is 4.90. The van der Waals surface area contributed by atoms with Crippen LogP contribution in [0.2, 0.25) is 0 Å². The molecule has 1 aliphatic rings. The normalized spacial score (nSPS) is 13.2. The molecule has 1 aromatic carbocycles. The lowest BCUT2D eigenvalue weighted by molar-refractivity contribution is -0.168. The molecule has 10 nitrogen and oxygen atoms in total. The minimum atomic E-state index is -0.762. The number of anilines is 1. The molecule has 1 aliphatic heterocycles.